The van der Waals surface area contributed by atoms with E-state index < -0.39 is 0 Å². The van der Waals surface area contributed by atoms with Crippen LogP contribution in [-0.2, 0) is 13.2 Å². The molecule has 1 aromatic heterocycles. The van der Waals surface area contributed by atoms with Crippen molar-refractivity contribution in [1.82, 2.24) is 15.2 Å². The molecule has 2 aromatic rings. The molecule has 0 amide bonds. The lowest BCUT2D eigenvalue weighted by Crippen LogP contribution is -2.43. The number of benzene rings is 1. The quantitative estimate of drug-likeness (QED) is 0.882. The number of hydrogen-bond donors (Lipinski definition) is 1. The first kappa shape index (κ1) is 16.4. The van der Waals surface area contributed by atoms with Gasteiger partial charge in [0, 0.05) is 24.5 Å². The van der Waals surface area contributed by atoms with Gasteiger partial charge in [0.2, 0.25) is 0 Å². The van der Waals surface area contributed by atoms with E-state index in [2.05, 4.69) is 41.7 Å². The predicted molar refractivity (Wildman–Crippen MR) is 95.0 cm³/mol. The van der Waals surface area contributed by atoms with Gasteiger partial charge >= 0.3 is 0 Å². The molecule has 1 aliphatic heterocycles. The highest BCUT2D eigenvalue weighted by Gasteiger charge is 2.19. The monoisotopic (exact) mass is 331 g/mol. The number of aryl methyl sites for hydroxylation is 1. The van der Waals surface area contributed by atoms with Crippen molar-refractivity contribution in [2.45, 2.75) is 39.0 Å². The molecule has 3 rings (SSSR count). The average molecular weight is 331 g/mol. The highest BCUT2D eigenvalue weighted by Crippen LogP contribution is 2.18. The Morgan fingerprint density at radius 2 is 2.17 bits per heavy atom. The number of piperidine rings is 1. The first-order valence-electron chi connectivity index (χ1n) is 8.25. The summed E-state index contributed by atoms with van der Waals surface area (Å²) in [6, 6.07) is 8.77. The summed E-state index contributed by atoms with van der Waals surface area (Å²) in [5.41, 5.74) is 2.41. The molecule has 1 N–H and O–H groups in total. The number of likely N-dealkylation sites (tertiary alicyclic amines) is 1. The standard InChI is InChI=1S/C18H25N3OS/c1-14-5-7-17(8-6-14)22-12-18-20-16(13-23-18)11-21-9-3-4-15(10-21)19-2/h5-8,13,15,19H,3-4,9-12H2,1-2H3. The number of ether oxygens (including phenoxy) is 1. The molecule has 1 unspecified atom stereocenters. The Balaban J connectivity index is 1.50. The van der Waals surface area contributed by atoms with E-state index in [0.29, 0.717) is 12.6 Å². The van der Waals surface area contributed by atoms with E-state index in [1.54, 1.807) is 11.3 Å². The van der Waals surface area contributed by atoms with Crippen LogP contribution in [0.3, 0.4) is 0 Å². The molecular formula is C18H25N3OS. The minimum atomic E-state index is 0.548. The summed E-state index contributed by atoms with van der Waals surface area (Å²) in [7, 11) is 2.05. The summed E-state index contributed by atoms with van der Waals surface area (Å²) < 4.78 is 5.81. The number of nitrogens with zero attached hydrogens (tertiary/aromatic N) is 2. The van der Waals surface area contributed by atoms with Crippen molar-refractivity contribution >= 4 is 11.3 Å². The molecule has 124 valence electrons. The van der Waals surface area contributed by atoms with Crippen molar-refractivity contribution in [2.75, 3.05) is 20.1 Å². The van der Waals surface area contributed by atoms with Crippen LogP contribution >= 0.6 is 11.3 Å². The van der Waals surface area contributed by atoms with Crippen LogP contribution in [0.1, 0.15) is 29.1 Å². The topological polar surface area (TPSA) is 37.4 Å². The fourth-order valence-electron chi connectivity index (χ4n) is 2.93. The molecular weight excluding hydrogens is 306 g/mol. The lowest BCUT2D eigenvalue weighted by molar-refractivity contribution is 0.186. The second-order valence-electron chi connectivity index (χ2n) is 6.20. The molecule has 0 bridgehead atoms. The Hall–Kier alpha value is -1.43. The van der Waals surface area contributed by atoms with E-state index >= 15 is 0 Å². The SMILES string of the molecule is CNC1CCCN(Cc2csc(COc3ccc(C)cc3)n2)C1. The Bertz CT molecular complexity index is 611. The van der Waals surface area contributed by atoms with Gasteiger partial charge in [-0.15, -0.1) is 11.3 Å². The van der Waals surface area contributed by atoms with Crippen LogP contribution in [0.15, 0.2) is 29.6 Å². The van der Waals surface area contributed by atoms with Gasteiger partial charge in [-0.05, 0) is 45.5 Å². The maximum Gasteiger partial charge on any atom is 0.140 e. The highest BCUT2D eigenvalue weighted by atomic mass is 32.1. The highest BCUT2D eigenvalue weighted by molar-refractivity contribution is 7.09. The van der Waals surface area contributed by atoms with Crippen molar-refractivity contribution in [2.24, 2.45) is 0 Å². The maximum absolute atomic E-state index is 5.81. The number of nitrogens with one attached hydrogen (secondary N) is 1. The summed E-state index contributed by atoms with van der Waals surface area (Å²) in [6.07, 6.45) is 2.54. The molecule has 1 aromatic carbocycles. The van der Waals surface area contributed by atoms with Crippen molar-refractivity contribution in [3.63, 3.8) is 0 Å². The van der Waals surface area contributed by atoms with Gasteiger partial charge in [-0.2, -0.15) is 0 Å². The van der Waals surface area contributed by atoms with Crippen molar-refractivity contribution < 1.29 is 4.74 Å². The molecule has 1 atom stereocenters. The summed E-state index contributed by atoms with van der Waals surface area (Å²) in [6.45, 7) is 5.86. The number of hydrogen-bond acceptors (Lipinski definition) is 5. The first-order chi connectivity index (χ1) is 11.2. The zero-order chi connectivity index (χ0) is 16.1. The third-order valence-corrected chi connectivity index (χ3v) is 5.15. The molecule has 1 fully saturated rings. The zero-order valence-electron chi connectivity index (χ0n) is 13.9. The van der Waals surface area contributed by atoms with Gasteiger partial charge in [-0.25, -0.2) is 4.98 Å². The van der Waals surface area contributed by atoms with E-state index in [-0.39, 0.29) is 0 Å². The molecule has 0 spiro atoms. The molecule has 0 saturated carbocycles. The van der Waals surface area contributed by atoms with E-state index in [1.807, 2.05) is 12.1 Å². The molecule has 0 radical (unpaired) electrons. The second-order valence-corrected chi connectivity index (χ2v) is 7.14. The van der Waals surface area contributed by atoms with E-state index in [4.69, 9.17) is 9.72 Å². The minimum Gasteiger partial charge on any atom is -0.486 e. The number of aromatic nitrogens is 1. The molecule has 1 aliphatic rings. The lowest BCUT2D eigenvalue weighted by atomic mass is 10.1. The molecule has 23 heavy (non-hydrogen) atoms. The summed E-state index contributed by atoms with van der Waals surface area (Å²) in [5, 5.41) is 6.60. The van der Waals surface area contributed by atoms with Crippen LogP contribution in [0.25, 0.3) is 0 Å². The minimum absolute atomic E-state index is 0.548. The van der Waals surface area contributed by atoms with E-state index in [9.17, 15) is 0 Å². The van der Waals surface area contributed by atoms with Crippen LogP contribution in [-0.4, -0.2) is 36.1 Å². The average Bonchev–Trinajstić information content (AvgIpc) is 3.02. The first-order valence-corrected chi connectivity index (χ1v) is 9.13. The van der Waals surface area contributed by atoms with Gasteiger partial charge in [0.25, 0.3) is 0 Å². The molecule has 5 heteroatoms. The van der Waals surface area contributed by atoms with Gasteiger partial charge in [-0.1, -0.05) is 17.7 Å². The van der Waals surface area contributed by atoms with Crippen molar-refractivity contribution in [3.8, 4) is 5.75 Å². The largest absolute Gasteiger partial charge is 0.486 e. The smallest absolute Gasteiger partial charge is 0.140 e. The Kier molecular flexibility index (Phi) is 5.65. The molecule has 2 heterocycles. The van der Waals surface area contributed by atoms with Gasteiger partial charge in [-0.3, -0.25) is 4.90 Å². The third-order valence-electron chi connectivity index (χ3n) is 4.28. The summed E-state index contributed by atoms with van der Waals surface area (Å²) in [4.78, 5) is 7.21. The van der Waals surface area contributed by atoms with E-state index in [0.717, 1.165) is 29.5 Å². The van der Waals surface area contributed by atoms with Crippen LogP contribution in [0, 0.1) is 6.92 Å². The zero-order valence-corrected chi connectivity index (χ0v) is 14.7. The third kappa shape index (κ3) is 4.77. The normalized spacial score (nSPS) is 19.0. The van der Waals surface area contributed by atoms with Gasteiger partial charge in [0.05, 0.1) is 5.69 Å². The molecule has 0 aliphatic carbocycles. The van der Waals surface area contributed by atoms with Gasteiger partial charge in [0.1, 0.15) is 17.4 Å². The lowest BCUT2D eigenvalue weighted by Gasteiger charge is -2.31. The van der Waals surface area contributed by atoms with E-state index in [1.165, 1.54) is 24.9 Å². The predicted octanol–water partition coefficient (Wildman–Crippen LogP) is 3.21. The number of likely N-dealkylation sites (N-methyl/N-ethyl adjacent to an activating group) is 1. The van der Waals surface area contributed by atoms with Crippen molar-refractivity contribution in [3.05, 3.63) is 45.9 Å². The second kappa shape index (κ2) is 7.90. The number of rotatable bonds is 6. The number of thiazole rings is 1. The molecule has 4 nitrogen and oxygen atoms in total. The van der Waals surface area contributed by atoms with Gasteiger partial charge in [0.15, 0.2) is 0 Å². The molecule has 1 saturated heterocycles. The van der Waals surface area contributed by atoms with Crippen LogP contribution in [0.2, 0.25) is 0 Å². The summed E-state index contributed by atoms with van der Waals surface area (Å²) >= 11 is 1.69. The van der Waals surface area contributed by atoms with Crippen LogP contribution in [0.4, 0.5) is 0 Å². The van der Waals surface area contributed by atoms with Crippen molar-refractivity contribution in [1.29, 1.82) is 0 Å². The van der Waals surface area contributed by atoms with Crippen LogP contribution < -0.4 is 10.1 Å². The fraction of sp³-hybridized carbons (Fsp3) is 0.500. The van der Waals surface area contributed by atoms with Gasteiger partial charge < -0.3 is 10.1 Å². The Morgan fingerprint density at radius 3 is 2.96 bits per heavy atom. The summed E-state index contributed by atoms with van der Waals surface area (Å²) in [5.74, 6) is 0.903. The Morgan fingerprint density at radius 1 is 1.35 bits per heavy atom. The Labute approximate surface area is 142 Å². The maximum atomic E-state index is 5.81. The van der Waals surface area contributed by atoms with Crippen LogP contribution in [0.5, 0.6) is 5.75 Å². The fourth-order valence-corrected chi connectivity index (χ4v) is 3.63.